The molecule has 5 nitrogen and oxygen atoms in total. The zero-order valence-corrected chi connectivity index (χ0v) is 17.0. The molecule has 0 radical (unpaired) electrons. The number of benzene rings is 1. The van der Waals surface area contributed by atoms with E-state index in [0.717, 1.165) is 16.7 Å². The summed E-state index contributed by atoms with van der Waals surface area (Å²) in [6.07, 6.45) is 4.20. The number of anilines is 1. The van der Waals surface area contributed by atoms with Gasteiger partial charge in [0.05, 0.1) is 11.6 Å². The molecule has 0 bridgehead atoms. The van der Waals surface area contributed by atoms with Gasteiger partial charge in [0.25, 0.3) is 0 Å². The third-order valence-corrected chi connectivity index (χ3v) is 5.95. The van der Waals surface area contributed by atoms with Crippen molar-refractivity contribution in [1.82, 2.24) is 10.2 Å². The Hall–Kier alpha value is -1.40. The molecule has 26 heavy (non-hydrogen) atoms. The Morgan fingerprint density at radius 3 is 2.73 bits per heavy atom. The Balaban J connectivity index is 1.48. The summed E-state index contributed by atoms with van der Waals surface area (Å²) in [5.74, 6) is 0.169. The number of nitrogens with one attached hydrogen (secondary N) is 1. The molecule has 0 spiro atoms. The van der Waals surface area contributed by atoms with Crippen molar-refractivity contribution in [3.8, 4) is 0 Å². The van der Waals surface area contributed by atoms with Crippen molar-refractivity contribution in [3.05, 3.63) is 28.7 Å². The summed E-state index contributed by atoms with van der Waals surface area (Å²) >= 11 is 3.49. The summed E-state index contributed by atoms with van der Waals surface area (Å²) in [5, 5.41) is 3.06. The van der Waals surface area contributed by atoms with Crippen LogP contribution in [0.15, 0.2) is 28.7 Å². The molecule has 6 heteroatoms. The fourth-order valence-electron chi connectivity index (χ4n) is 3.85. The first kappa shape index (κ1) is 19.4. The molecule has 0 aromatic heterocycles. The van der Waals surface area contributed by atoms with Gasteiger partial charge in [-0.1, -0.05) is 25.5 Å². The van der Waals surface area contributed by atoms with Gasteiger partial charge in [-0.15, -0.1) is 0 Å². The maximum Gasteiger partial charge on any atom is 0.227 e. The molecule has 2 unspecified atom stereocenters. The molecule has 2 atom stereocenters. The van der Waals surface area contributed by atoms with E-state index in [1.165, 1.54) is 32.4 Å². The van der Waals surface area contributed by atoms with Gasteiger partial charge in [0.15, 0.2) is 0 Å². The van der Waals surface area contributed by atoms with Crippen molar-refractivity contribution in [2.75, 3.05) is 37.6 Å². The Morgan fingerprint density at radius 1 is 1.27 bits per heavy atom. The van der Waals surface area contributed by atoms with Crippen LogP contribution in [-0.2, 0) is 9.59 Å². The van der Waals surface area contributed by atoms with E-state index in [4.69, 9.17) is 0 Å². The Bertz CT molecular complexity index is 646. The number of rotatable bonds is 6. The molecule has 2 heterocycles. The van der Waals surface area contributed by atoms with Gasteiger partial charge in [0, 0.05) is 30.5 Å². The number of para-hydroxylation sites is 1. The number of hydrogen-bond donors (Lipinski definition) is 1. The third kappa shape index (κ3) is 4.86. The second-order valence-electron chi connectivity index (χ2n) is 7.57. The van der Waals surface area contributed by atoms with Crippen LogP contribution in [0.5, 0.6) is 0 Å². The summed E-state index contributed by atoms with van der Waals surface area (Å²) in [6.45, 7) is 6.70. The molecule has 2 saturated heterocycles. The lowest BCUT2D eigenvalue weighted by molar-refractivity contribution is -0.126. The number of piperidine rings is 1. The van der Waals surface area contributed by atoms with E-state index < -0.39 is 0 Å². The molecule has 1 aromatic carbocycles. The molecule has 3 rings (SSSR count). The maximum atomic E-state index is 12.5. The van der Waals surface area contributed by atoms with E-state index in [9.17, 15) is 9.59 Å². The Labute approximate surface area is 164 Å². The minimum Gasteiger partial charge on any atom is -0.355 e. The largest absolute Gasteiger partial charge is 0.355 e. The first-order valence-corrected chi connectivity index (χ1v) is 10.4. The molecule has 0 saturated carbocycles. The standard InChI is InChI=1S/C20H28BrN3O2/c1-15(13-23-9-5-2-6-10-23)12-22-20(26)16-11-19(25)24(14-16)18-8-4-3-7-17(18)21/h3-4,7-8,15-16H,2,5-6,9-14H2,1H3,(H,22,26). The van der Waals surface area contributed by atoms with E-state index in [1.54, 1.807) is 4.90 Å². The van der Waals surface area contributed by atoms with Gasteiger partial charge in [-0.3, -0.25) is 9.59 Å². The number of amides is 2. The van der Waals surface area contributed by atoms with E-state index in [-0.39, 0.29) is 24.2 Å². The van der Waals surface area contributed by atoms with E-state index in [1.807, 2.05) is 24.3 Å². The fourth-order valence-corrected chi connectivity index (χ4v) is 4.35. The van der Waals surface area contributed by atoms with Crippen molar-refractivity contribution in [1.29, 1.82) is 0 Å². The topological polar surface area (TPSA) is 52.7 Å². The molecular weight excluding hydrogens is 394 g/mol. The van der Waals surface area contributed by atoms with Crippen molar-refractivity contribution in [3.63, 3.8) is 0 Å². The number of halogens is 1. The van der Waals surface area contributed by atoms with Gasteiger partial charge in [-0.25, -0.2) is 0 Å². The highest BCUT2D eigenvalue weighted by molar-refractivity contribution is 9.10. The van der Waals surface area contributed by atoms with Crippen molar-refractivity contribution >= 4 is 33.4 Å². The summed E-state index contributed by atoms with van der Waals surface area (Å²) in [4.78, 5) is 29.1. The third-order valence-electron chi connectivity index (χ3n) is 5.28. The van der Waals surface area contributed by atoms with Crippen LogP contribution in [0.25, 0.3) is 0 Å². The molecule has 1 aromatic rings. The molecule has 2 aliphatic rings. The van der Waals surface area contributed by atoms with E-state index >= 15 is 0 Å². The van der Waals surface area contributed by atoms with Crippen molar-refractivity contribution in [2.24, 2.45) is 11.8 Å². The fraction of sp³-hybridized carbons (Fsp3) is 0.600. The van der Waals surface area contributed by atoms with Gasteiger partial charge < -0.3 is 15.1 Å². The maximum absolute atomic E-state index is 12.5. The zero-order valence-electron chi connectivity index (χ0n) is 15.4. The van der Waals surface area contributed by atoms with Crippen LogP contribution in [0.4, 0.5) is 5.69 Å². The summed E-state index contributed by atoms with van der Waals surface area (Å²) < 4.78 is 0.879. The SMILES string of the molecule is CC(CNC(=O)C1CC(=O)N(c2ccccc2Br)C1)CN1CCCCC1. The molecular formula is C20H28BrN3O2. The minimum absolute atomic E-state index is 0.00148. The predicted molar refractivity (Wildman–Crippen MR) is 107 cm³/mol. The second kappa shape index (κ2) is 9.00. The predicted octanol–water partition coefficient (Wildman–Crippen LogP) is 3.04. The van der Waals surface area contributed by atoms with Crippen molar-refractivity contribution in [2.45, 2.75) is 32.6 Å². The quantitative estimate of drug-likeness (QED) is 0.767. The minimum atomic E-state index is -0.267. The molecule has 2 amide bonds. The lowest BCUT2D eigenvalue weighted by Crippen LogP contribution is -2.40. The van der Waals surface area contributed by atoms with E-state index in [2.05, 4.69) is 33.1 Å². The summed E-state index contributed by atoms with van der Waals surface area (Å²) in [6, 6.07) is 7.65. The molecule has 2 fully saturated rings. The van der Waals surface area contributed by atoms with Crippen LogP contribution in [0.3, 0.4) is 0 Å². The number of carbonyl (C=O) groups is 2. The Morgan fingerprint density at radius 2 is 2.00 bits per heavy atom. The highest BCUT2D eigenvalue weighted by Gasteiger charge is 2.35. The van der Waals surface area contributed by atoms with Gasteiger partial charge in [-0.2, -0.15) is 0 Å². The summed E-state index contributed by atoms with van der Waals surface area (Å²) in [5.41, 5.74) is 0.839. The monoisotopic (exact) mass is 421 g/mol. The smallest absolute Gasteiger partial charge is 0.227 e. The van der Waals surface area contributed by atoms with Crippen molar-refractivity contribution < 1.29 is 9.59 Å². The van der Waals surface area contributed by atoms with Gasteiger partial charge in [-0.05, 0) is 59.9 Å². The lowest BCUT2D eigenvalue weighted by atomic mass is 10.1. The molecule has 2 aliphatic heterocycles. The first-order valence-electron chi connectivity index (χ1n) is 9.59. The highest BCUT2D eigenvalue weighted by atomic mass is 79.9. The highest BCUT2D eigenvalue weighted by Crippen LogP contribution is 2.31. The van der Waals surface area contributed by atoms with Crippen LogP contribution >= 0.6 is 15.9 Å². The second-order valence-corrected chi connectivity index (χ2v) is 8.42. The number of hydrogen-bond acceptors (Lipinski definition) is 3. The van der Waals surface area contributed by atoms with Crippen LogP contribution in [0.1, 0.15) is 32.6 Å². The average molecular weight is 422 g/mol. The number of likely N-dealkylation sites (tertiary alicyclic amines) is 1. The Kier molecular flexibility index (Phi) is 6.70. The average Bonchev–Trinajstić information content (AvgIpc) is 3.02. The van der Waals surface area contributed by atoms with Crippen LogP contribution in [0, 0.1) is 11.8 Å². The van der Waals surface area contributed by atoms with Gasteiger partial charge >= 0.3 is 0 Å². The number of nitrogens with zero attached hydrogens (tertiary/aromatic N) is 2. The zero-order chi connectivity index (χ0) is 18.5. The van der Waals surface area contributed by atoms with Gasteiger partial charge in [0.1, 0.15) is 0 Å². The van der Waals surface area contributed by atoms with E-state index in [0.29, 0.717) is 19.0 Å². The molecule has 1 N–H and O–H groups in total. The van der Waals surface area contributed by atoms with Crippen LogP contribution in [-0.4, -0.2) is 49.4 Å². The number of carbonyl (C=O) groups excluding carboxylic acids is 2. The van der Waals surface area contributed by atoms with Crippen LogP contribution < -0.4 is 10.2 Å². The molecule has 0 aliphatic carbocycles. The lowest BCUT2D eigenvalue weighted by Gasteiger charge is -2.29. The van der Waals surface area contributed by atoms with Crippen LogP contribution in [0.2, 0.25) is 0 Å². The normalized spacial score (nSPS) is 22.5. The summed E-state index contributed by atoms with van der Waals surface area (Å²) in [7, 11) is 0. The first-order chi connectivity index (χ1) is 12.5. The molecule has 142 valence electrons. The van der Waals surface area contributed by atoms with Gasteiger partial charge in [0.2, 0.25) is 11.8 Å².